The molecule has 0 aliphatic rings. The summed E-state index contributed by atoms with van der Waals surface area (Å²) in [6.45, 7) is 1.75. The molecule has 0 fully saturated rings. The molecular weight excluding hydrogens is 287 g/mol. The Kier molecular flexibility index (Phi) is 2.80. The minimum atomic E-state index is -0.211. The van der Waals surface area contributed by atoms with Crippen LogP contribution in [0.5, 0.6) is 0 Å². The summed E-state index contributed by atoms with van der Waals surface area (Å²) in [4.78, 5) is 16.2. The van der Waals surface area contributed by atoms with Crippen LogP contribution < -0.4 is 5.56 Å². The molecule has 0 aliphatic carbocycles. The summed E-state index contributed by atoms with van der Waals surface area (Å²) in [5, 5.41) is 7.77. The van der Waals surface area contributed by atoms with Crippen molar-refractivity contribution in [2.75, 3.05) is 0 Å². The van der Waals surface area contributed by atoms with Crippen LogP contribution in [0.1, 0.15) is 5.69 Å². The minimum Gasteiger partial charge on any atom is -0.269 e. The van der Waals surface area contributed by atoms with Gasteiger partial charge in [0.15, 0.2) is 5.82 Å². The summed E-state index contributed by atoms with van der Waals surface area (Å²) in [5.41, 5.74) is 1.03. The first-order chi connectivity index (χ1) is 9.06. The van der Waals surface area contributed by atoms with Crippen LogP contribution in [0.25, 0.3) is 17.2 Å². The second-order valence-corrected chi connectivity index (χ2v) is 4.91. The van der Waals surface area contributed by atoms with Crippen molar-refractivity contribution < 1.29 is 0 Å². The quantitative estimate of drug-likeness (QED) is 0.750. The highest BCUT2D eigenvalue weighted by Gasteiger charge is 2.14. The summed E-state index contributed by atoms with van der Waals surface area (Å²) in [6, 6.07) is 6.45. The van der Waals surface area contributed by atoms with Gasteiger partial charge < -0.3 is 0 Å². The third-order valence-corrected chi connectivity index (χ3v) is 3.24. The molecule has 3 aromatic rings. The zero-order chi connectivity index (χ0) is 13.6. The SMILES string of the molecule is Cc1cc(=O)n2c(-c3ccc(Cl)cc3Cl)n[nH]c2n1. The lowest BCUT2D eigenvalue weighted by atomic mass is 10.2. The van der Waals surface area contributed by atoms with Crippen LogP contribution in [0.3, 0.4) is 0 Å². The van der Waals surface area contributed by atoms with Gasteiger partial charge in [-0.3, -0.25) is 4.79 Å². The molecule has 0 amide bonds. The van der Waals surface area contributed by atoms with Gasteiger partial charge in [0.05, 0.1) is 5.02 Å². The van der Waals surface area contributed by atoms with E-state index in [1.807, 2.05) is 0 Å². The van der Waals surface area contributed by atoms with E-state index in [2.05, 4.69) is 15.2 Å². The van der Waals surface area contributed by atoms with Crippen LogP contribution in [0.15, 0.2) is 29.1 Å². The topological polar surface area (TPSA) is 63.1 Å². The molecule has 19 heavy (non-hydrogen) atoms. The Labute approximate surface area is 117 Å². The molecule has 96 valence electrons. The first-order valence-corrected chi connectivity index (χ1v) is 6.22. The maximum absolute atomic E-state index is 12.0. The van der Waals surface area contributed by atoms with Crippen molar-refractivity contribution in [2.24, 2.45) is 0 Å². The predicted molar refractivity (Wildman–Crippen MR) is 73.8 cm³/mol. The monoisotopic (exact) mass is 294 g/mol. The fraction of sp³-hybridized carbons (Fsp3) is 0.0833. The van der Waals surface area contributed by atoms with Gasteiger partial charge in [-0.15, -0.1) is 0 Å². The second-order valence-electron chi connectivity index (χ2n) is 4.07. The molecule has 0 radical (unpaired) electrons. The summed E-state index contributed by atoms with van der Waals surface area (Å²) in [6.07, 6.45) is 0. The van der Waals surface area contributed by atoms with E-state index < -0.39 is 0 Å². The number of aryl methyl sites for hydroxylation is 1. The van der Waals surface area contributed by atoms with E-state index in [4.69, 9.17) is 23.2 Å². The van der Waals surface area contributed by atoms with Gasteiger partial charge in [0.1, 0.15) is 0 Å². The number of rotatable bonds is 1. The van der Waals surface area contributed by atoms with Gasteiger partial charge in [-0.05, 0) is 25.1 Å². The number of halogens is 2. The highest BCUT2D eigenvalue weighted by molar-refractivity contribution is 6.36. The van der Waals surface area contributed by atoms with E-state index in [1.54, 1.807) is 25.1 Å². The van der Waals surface area contributed by atoms with E-state index >= 15 is 0 Å². The Bertz CT molecular complexity index is 837. The molecule has 7 heteroatoms. The van der Waals surface area contributed by atoms with Gasteiger partial charge in [-0.2, -0.15) is 5.10 Å². The lowest BCUT2D eigenvalue weighted by Gasteiger charge is -2.02. The molecule has 0 atom stereocenters. The molecule has 0 unspecified atom stereocenters. The van der Waals surface area contributed by atoms with Crippen LogP contribution in [0.4, 0.5) is 0 Å². The van der Waals surface area contributed by atoms with Crippen LogP contribution >= 0.6 is 23.2 Å². The zero-order valence-electron chi connectivity index (χ0n) is 9.82. The van der Waals surface area contributed by atoms with Gasteiger partial charge >= 0.3 is 0 Å². The van der Waals surface area contributed by atoms with Crippen LogP contribution in [0.2, 0.25) is 10.0 Å². The average molecular weight is 295 g/mol. The van der Waals surface area contributed by atoms with Gasteiger partial charge in [0.2, 0.25) is 5.78 Å². The highest BCUT2D eigenvalue weighted by Crippen LogP contribution is 2.28. The van der Waals surface area contributed by atoms with E-state index in [0.29, 0.717) is 32.9 Å². The third kappa shape index (κ3) is 2.01. The van der Waals surface area contributed by atoms with E-state index in [1.165, 1.54) is 10.5 Å². The van der Waals surface area contributed by atoms with Gasteiger partial charge in [-0.25, -0.2) is 14.5 Å². The molecule has 0 bridgehead atoms. The fourth-order valence-corrected chi connectivity index (χ4v) is 2.37. The van der Waals surface area contributed by atoms with E-state index in [9.17, 15) is 4.79 Å². The standard InChI is InChI=1S/C12H8Cl2N4O/c1-6-4-10(19)18-11(16-17-12(18)15-6)8-3-2-7(13)5-9(8)14/h2-5H,1H3,(H,15,17). The molecule has 0 aliphatic heterocycles. The normalized spacial score (nSPS) is 11.1. The van der Waals surface area contributed by atoms with Crippen molar-refractivity contribution in [3.8, 4) is 11.4 Å². The number of aromatic amines is 1. The summed E-state index contributed by atoms with van der Waals surface area (Å²) >= 11 is 12.0. The predicted octanol–water partition coefficient (Wildman–Crippen LogP) is 2.70. The minimum absolute atomic E-state index is 0.211. The Morgan fingerprint density at radius 1 is 1.26 bits per heavy atom. The average Bonchev–Trinajstić information content (AvgIpc) is 2.72. The first kappa shape index (κ1) is 12.2. The Balaban J connectivity index is 2.35. The second kappa shape index (κ2) is 4.36. The molecule has 3 rings (SSSR count). The fourth-order valence-electron chi connectivity index (χ4n) is 1.88. The maximum Gasteiger partial charge on any atom is 0.261 e. The number of benzene rings is 1. The zero-order valence-corrected chi connectivity index (χ0v) is 11.3. The Hall–Kier alpha value is -1.85. The highest BCUT2D eigenvalue weighted by atomic mass is 35.5. The number of nitrogens with one attached hydrogen (secondary N) is 1. The molecule has 2 heterocycles. The van der Waals surface area contributed by atoms with Crippen LogP contribution in [-0.4, -0.2) is 19.6 Å². The lowest BCUT2D eigenvalue weighted by molar-refractivity contribution is 1.03. The molecule has 1 aromatic carbocycles. The molecule has 2 aromatic heterocycles. The molecule has 5 nitrogen and oxygen atoms in total. The van der Waals surface area contributed by atoms with Crippen LogP contribution in [-0.2, 0) is 0 Å². The van der Waals surface area contributed by atoms with Crippen LogP contribution in [0, 0.1) is 6.92 Å². The Morgan fingerprint density at radius 2 is 2.05 bits per heavy atom. The van der Waals surface area contributed by atoms with Gasteiger partial charge in [0, 0.05) is 22.3 Å². The molecule has 0 saturated carbocycles. The Morgan fingerprint density at radius 3 is 2.79 bits per heavy atom. The van der Waals surface area contributed by atoms with E-state index in [0.717, 1.165) is 0 Å². The number of hydrogen-bond donors (Lipinski definition) is 1. The van der Waals surface area contributed by atoms with E-state index in [-0.39, 0.29) is 5.56 Å². The molecule has 0 saturated heterocycles. The van der Waals surface area contributed by atoms with Crippen molar-refractivity contribution in [1.29, 1.82) is 0 Å². The molecule has 1 N–H and O–H groups in total. The smallest absolute Gasteiger partial charge is 0.261 e. The molecule has 0 spiro atoms. The van der Waals surface area contributed by atoms with Crippen molar-refractivity contribution in [3.05, 3.63) is 50.4 Å². The van der Waals surface area contributed by atoms with Gasteiger partial charge in [-0.1, -0.05) is 23.2 Å². The molecular formula is C12H8Cl2N4O. The third-order valence-electron chi connectivity index (χ3n) is 2.69. The van der Waals surface area contributed by atoms with Crippen molar-refractivity contribution in [3.63, 3.8) is 0 Å². The summed E-state index contributed by atoms with van der Waals surface area (Å²) in [7, 11) is 0. The number of hydrogen-bond acceptors (Lipinski definition) is 3. The van der Waals surface area contributed by atoms with Gasteiger partial charge in [0.25, 0.3) is 5.56 Å². The van der Waals surface area contributed by atoms with Crippen molar-refractivity contribution >= 4 is 29.0 Å². The van der Waals surface area contributed by atoms with Crippen molar-refractivity contribution in [2.45, 2.75) is 6.92 Å². The first-order valence-electron chi connectivity index (χ1n) is 5.46. The van der Waals surface area contributed by atoms with Crippen molar-refractivity contribution in [1.82, 2.24) is 19.6 Å². The maximum atomic E-state index is 12.0. The number of fused-ring (bicyclic) bond motifs is 1. The summed E-state index contributed by atoms with van der Waals surface area (Å²) < 4.78 is 1.38. The number of H-pyrrole nitrogens is 1. The lowest BCUT2D eigenvalue weighted by Crippen LogP contribution is -2.14. The number of nitrogens with zero attached hydrogens (tertiary/aromatic N) is 3. The number of aromatic nitrogens is 4. The summed E-state index contributed by atoms with van der Waals surface area (Å²) in [5.74, 6) is 0.792. The largest absolute Gasteiger partial charge is 0.269 e.